The van der Waals surface area contributed by atoms with Crippen LogP contribution in [0.1, 0.15) is 76.8 Å². The molecule has 7 heteroatoms. The summed E-state index contributed by atoms with van der Waals surface area (Å²) in [5.74, 6) is 0. The second-order valence-corrected chi connectivity index (χ2v) is 7.70. The molecule has 1 saturated heterocycles. The van der Waals surface area contributed by atoms with Crippen molar-refractivity contribution in [2.75, 3.05) is 13.2 Å². The number of hydrogen-bond acceptors (Lipinski definition) is 6. The third-order valence-corrected chi connectivity index (χ3v) is 5.18. The molecule has 1 aliphatic rings. The minimum atomic E-state index is -0.656. The van der Waals surface area contributed by atoms with Crippen LogP contribution in [0.4, 0.5) is 0 Å². The minimum Gasteiger partial charge on any atom is -0.389 e. The smallest absolute Gasteiger partial charge is 0.108 e. The van der Waals surface area contributed by atoms with Crippen molar-refractivity contribution in [2.24, 2.45) is 5.73 Å². The number of nitrogens with two attached hydrogens (primary N) is 1. The predicted molar refractivity (Wildman–Crippen MR) is 105 cm³/mol. The average molecular weight is 383 g/mol. The van der Waals surface area contributed by atoms with Gasteiger partial charge in [-0.25, -0.2) is 0 Å². The molecule has 1 aliphatic heterocycles. The highest BCUT2D eigenvalue weighted by Crippen LogP contribution is 2.14. The van der Waals surface area contributed by atoms with Crippen LogP contribution in [0.2, 0.25) is 0 Å². The lowest BCUT2D eigenvalue weighted by atomic mass is 10.1. The highest BCUT2D eigenvalue weighted by Gasteiger charge is 2.33. The molecule has 7 nitrogen and oxygen atoms in total. The maximum Gasteiger partial charge on any atom is 0.108 e. The van der Waals surface area contributed by atoms with Crippen LogP contribution in [-0.4, -0.2) is 51.6 Å². The van der Waals surface area contributed by atoms with Crippen molar-refractivity contribution < 1.29 is 14.6 Å². The van der Waals surface area contributed by atoms with E-state index in [1.54, 1.807) is 0 Å². The SMILES string of the molecule is CCCCCCCCCCCCn1cc(COC[C@@H]2OC[C@H](N)[C@@H]2O)nn1. The number of aryl methyl sites for hydroxylation is 1. The summed E-state index contributed by atoms with van der Waals surface area (Å²) < 4.78 is 12.9. The third kappa shape index (κ3) is 8.68. The second-order valence-electron chi connectivity index (χ2n) is 7.70. The molecule has 0 unspecified atom stereocenters. The van der Waals surface area contributed by atoms with E-state index < -0.39 is 6.10 Å². The van der Waals surface area contributed by atoms with Gasteiger partial charge in [0, 0.05) is 6.54 Å². The van der Waals surface area contributed by atoms with Gasteiger partial charge in [0.2, 0.25) is 0 Å². The molecule has 1 fully saturated rings. The fourth-order valence-corrected chi connectivity index (χ4v) is 3.41. The molecule has 3 N–H and O–H groups in total. The van der Waals surface area contributed by atoms with Gasteiger partial charge in [0.25, 0.3) is 0 Å². The molecule has 0 aliphatic carbocycles. The first kappa shape index (κ1) is 22.3. The Kier molecular flexibility index (Phi) is 10.9. The summed E-state index contributed by atoms with van der Waals surface area (Å²) in [6, 6.07) is -0.319. The zero-order valence-corrected chi connectivity index (χ0v) is 16.9. The first-order valence-corrected chi connectivity index (χ1v) is 10.7. The number of nitrogens with zero attached hydrogens (tertiary/aromatic N) is 3. The van der Waals surface area contributed by atoms with E-state index in [4.69, 9.17) is 15.2 Å². The summed E-state index contributed by atoms with van der Waals surface area (Å²) in [7, 11) is 0. The normalized spacial score (nSPS) is 22.6. The standard InChI is InChI=1S/C20H38N4O3/c1-2-3-4-5-6-7-8-9-10-11-12-24-13-17(22-23-24)14-26-16-19-20(25)18(21)15-27-19/h13,18-20,25H,2-12,14-16,21H2,1H3/t18-,19-,20-/m0/s1. The lowest BCUT2D eigenvalue weighted by Gasteiger charge is -2.14. The number of rotatable bonds is 15. The molecule has 0 aromatic carbocycles. The fourth-order valence-electron chi connectivity index (χ4n) is 3.41. The molecule has 27 heavy (non-hydrogen) atoms. The summed E-state index contributed by atoms with van der Waals surface area (Å²) in [4.78, 5) is 0. The maximum atomic E-state index is 9.82. The Labute approximate surface area is 163 Å². The van der Waals surface area contributed by atoms with E-state index in [9.17, 15) is 5.11 Å². The van der Waals surface area contributed by atoms with Crippen molar-refractivity contribution in [3.8, 4) is 0 Å². The lowest BCUT2D eigenvalue weighted by molar-refractivity contribution is -0.0299. The Morgan fingerprint density at radius 2 is 1.81 bits per heavy atom. The van der Waals surface area contributed by atoms with Crippen LogP contribution < -0.4 is 5.73 Å². The van der Waals surface area contributed by atoms with Crippen LogP contribution in [-0.2, 0) is 22.6 Å². The van der Waals surface area contributed by atoms with Crippen LogP contribution in [0.5, 0.6) is 0 Å². The monoisotopic (exact) mass is 382 g/mol. The van der Waals surface area contributed by atoms with Crippen LogP contribution in [0, 0.1) is 0 Å². The van der Waals surface area contributed by atoms with Gasteiger partial charge in [-0.3, -0.25) is 4.68 Å². The molecule has 156 valence electrons. The van der Waals surface area contributed by atoms with E-state index >= 15 is 0 Å². The Balaban J connectivity index is 1.46. The molecule has 1 aromatic heterocycles. The zero-order valence-electron chi connectivity index (χ0n) is 16.9. The first-order chi connectivity index (χ1) is 13.2. The third-order valence-electron chi connectivity index (χ3n) is 5.18. The molecule has 1 aromatic rings. The zero-order chi connectivity index (χ0) is 19.3. The number of unbranched alkanes of at least 4 members (excludes halogenated alkanes) is 9. The van der Waals surface area contributed by atoms with Gasteiger partial charge in [-0.15, -0.1) is 5.10 Å². The van der Waals surface area contributed by atoms with Crippen LogP contribution in [0.3, 0.4) is 0 Å². The van der Waals surface area contributed by atoms with E-state index in [1.165, 1.54) is 57.8 Å². The van der Waals surface area contributed by atoms with Gasteiger partial charge >= 0.3 is 0 Å². The van der Waals surface area contributed by atoms with Gasteiger partial charge in [0.05, 0.1) is 38.2 Å². The molecule has 0 bridgehead atoms. The summed E-state index contributed by atoms with van der Waals surface area (Å²) in [5.41, 5.74) is 6.51. The molecule has 0 spiro atoms. The van der Waals surface area contributed by atoms with Crippen molar-refractivity contribution in [3.05, 3.63) is 11.9 Å². The number of aliphatic hydroxyl groups is 1. The maximum absolute atomic E-state index is 9.82. The highest BCUT2D eigenvalue weighted by atomic mass is 16.5. The fraction of sp³-hybridized carbons (Fsp3) is 0.900. The van der Waals surface area contributed by atoms with Crippen molar-refractivity contribution >= 4 is 0 Å². The van der Waals surface area contributed by atoms with Gasteiger partial charge in [0.1, 0.15) is 11.8 Å². The van der Waals surface area contributed by atoms with Crippen LogP contribution in [0.25, 0.3) is 0 Å². The Morgan fingerprint density at radius 3 is 2.44 bits per heavy atom. The number of hydrogen-bond donors (Lipinski definition) is 2. The van der Waals surface area contributed by atoms with Crippen molar-refractivity contribution in [3.63, 3.8) is 0 Å². The predicted octanol–water partition coefficient (Wildman–Crippen LogP) is 2.80. The molecule has 2 heterocycles. The molecular formula is C20H38N4O3. The van der Waals surface area contributed by atoms with E-state index in [1.807, 2.05) is 10.9 Å². The van der Waals surface area contributed by atoms with Gasteiger partial charge in [-0.05, 0) is 6.42 Å². The lowest BCUT2D eigenvalue weighted by Crippen LogP contribution is -2.38. The van der Waals surface area contributed by atoms with E-state index in [-0.39, 0.29) is 12.1 Å². The van der Waals surface area contributed by atoms with E-state index in [2.05, 4.69) is 17.2 Å². The van der Waals surface area contributed by atoms with Gasteiger partial charge in [-0.1, -0.05) is 69.9 Å². The quantitative estimate of drug-likeness (QED) is 0.453. The molecule has 0 radical (unpaired) electrons. The summed E-state index contributed by atoms with van der Waals surface area (Å²) in [5, 5.41) is 18.1. The average Bonchev–Trinajstić information content (AvgIpc) is 3.25. The molecule has 0 saturated carbocycles. The van der Waals surface area contributed by atoms with Crippen molar-refractivity contribution in [1.82, 2.24) is 15.0 Å². The van der Waals surface area contributed by atoms with Gasteiger partial charge in [0.15, 0.2) is 0 Å². The van der Waals surface area contributed by atoms with Crippen molar-refractivity contribution in [2.45, 2.75) is 103 Å². The second kappa shape index (κ2) is 13.2. The number of aromatic nitrogens is 3. The van der Waals surface area contributed by atoms with Crippen LogP contribution in [0.15, 0.2) is 6.20 Å². The van der Waals surface area contributed by atoms with Crippen LogP contribution >= 0.6 is 0 Å². The molecular weight excluding hydrogens is 344 g/mol. The topological polar surface area (TPSA) is 95.4 Å². The Morgan fingerprint density at radius 1 is 1.15 bits per heavy atom. The number of aliphatic hydroxyl groups excluding tert-OH is 1. The first-order valence-electron chi connectivity index (χ1n) is 10.7. The summed E-state index contributed by atoms with van der Waals surface area (Å²) >= 11 is 0. The molecule has 0 amide bonds. The van der Waals surface area contributed by atoms with Crippen molar-refractivity contribution in [1.29, 1.82) is 0 Å². The summed E-state index contributed by atoms with van der Waals surface area (Å²) in [6.45, 7) is 4.24. The van der Waals surface area contributed by atoms with Gasteiger partial charge < -0.3 is 20.3 Å². The molecule has 3 atom stereocenters. The highest BCUT2D eigenvalue weighted by molar-refractivity contribution is 4.90. The Hall–Kier alpha value is -1.02. The summed E-state index contributed by atoms with van der Waals surface area (Å²) in [6.07, 6.45) is 14.2. The minimum absolute atomic E-state index is 0.319. The van der Waals surface area contributed by atoms with E-state index in [0.29, 0.717) is 19.8 Å². The Bertz CT molecular complexity index is 497. The largest absolute Gasteiger partial charge is 0.389 e. The number of ether oxygens (including phenoxy) is 2. The molecule has 2 rings (SSSR count). The van der Waals surface area contributed by atoms with E-state index in [0.717, 1.165) is 18.7 Å². The van der Waals surface area contributed by atoms with Gasteiger partial charge in [-0.2, -0.15) is 0 Å².